The maximum atomic E-state index is 6.00. The lowest BCUT2D eigenvalue weighted by atomic mass is 9.95. The molecule has 1 aromatic heterocycles. The van der Waals surface area contributed by atoms with Crippen LogP contribution in [0.5, 0.6) is 0 Å². The number of benzene rings is 1. The Balaban J connectivity index is 2.40. The van der Waals surface area contributed by atoms with Gasteiger partial charge >= 0.3 is 0 Å². The van der Waals surface area contributed by atoms with Crippen LogP contribution in [0.4, 0.5) is 17.3 Å². The minimum absolute atomic E-state index is 0.133. The second-order valence-corrected chi connectivity index (χ2v) is 6.15. The molecule has 1 aromatic carbocycles. The van der Waals surface area contributed by atoms with Crippen LogP contribution in [0.2, 0.25) is 0 Å². The molecule has 0 amide bonds. The first kappa shape index (κ1) is 14.3. The summed E-state index contributed by atoms with van der Waals surface area (Å²) < 4.78 is 0. The lowest BCUT2D eigenvalue weighted by molar-refractivity contribution is 0.546. The molecular weight excluding hydrogens is 248 g/mol. The fourth-order valence-electron chi connectivity index (χ4n) is 1.76. The van der Waals surface area contributed by atoms with E-state index in [1.165, 1.54) is 5.56 Å². The summed E-state index contributed by atoms with van der Waals surface area (Å²) >= 11 is 0. The van der Waals surface area contributed by atoms with Gasteiger partial charge in [0.05, 0.1) is 0 Å². The highest BCUT2D eigenvalue weighted by molar-refractivity contribution is 5.63. The van der Waals surface area contributed by atoms with Crippen LogP contribution < -0.4 is 11.1 Å². The summed E-state index contributed by atoms with van der Waals surface area (Å²) in [5, 5.41) is 3.32. The van der Waals surface area contributed by atoms with Gasteiger partial charge in [-0.15, -0.1) is 0 Å². The molecule has 0 bridgehead atoms. The van der Waals surface area contributed by atoms with Gasteiger partial charge in [0.2, 0.25) is 0 Å². The number of hydrogen-bond acceptors (Lipinski definition) is 4. The average molecular weight is 270 g/mol. The molecule has 0 aliphatic carbocycles. The average Bonchev–Trinajstić information content (AvgIpc) is 2.36. The van der Waals surface area contributed by atoms with E-state index >= 15 is 0 Å². The number of nitrogens with two attached hydrogens (primary N) is 1. The molecule has 4 heteroatoms. The van der Waals surface area contributed by atoms with Gasteiger partial charge in [-0.3, -0.25) is 0 Å². The summed E-state index contributed by atoms with van der Waals surface area (Å²) in [7, 11) is 0. The lowest BCUT2D eigenvalue weighted by Gasteiger charge is -2.19. The monoisotopic (exact) mass is 270 g/mol. The largest absolute Gasteiger partial charge is 0.383 e. The molecule has 0 aliphatic heterocycles. The molecule has 0 saturated heterocycles. The summed E-state index contributed by atoms with van der Waals surface area (Å²) in [4.78, 5) is 9.01. The molecule has 3 N–H and O–H groups in total. The zero-order valence-corrected chi connectivity index (χ0v) is 12.8. The van der Waals surface area contributed by atoms with Gasteiger partial charge in [0.25, 0.3) is 0 Å². The molecule has 1 heterocycles. The number of aromatic nitrogens is 2. The molecule has 0 spiro atoms. The van der Waals surface area contributed by atoms with E-state index in [-0.39, 0.29) is 5.41 Å². The Morgan fingerprint density at radius 1 is 1.00 bits per heavy atom. The fourth-order valence-corrected chi connectivity index (χ4v) is 1.76. The predicted octanol–water partition coefficient (Wildman–Crippen LogP) is 3.72. The molecule has 2 rings (SSSR count). The van der Waals surface area contributed by atoms with E-state index < -0.39 is 0 Å². The van der Waals surface area contributed by atoms with E-state index in [2.05, 4.69) is 55.1 Å². The van der Waals surface area contributed by atoms with E-state index in [9.17, 15) is 0 Å². The Bertz CT molecular complexity index is 610. The second kappa shape index (κ2) is 5.12. The number of rotatable bonds is 2. The molecule has 0 atom stereocenters. The number of anilines is 3. The number of nitrogen functional groups attached to an aromatic ring is 1. The van der Waals surface area contributed by atoms with Crippen LogP contribution in [0, 0.1) is 13.8 Å². The molecule has 0 unspecified atom stereocenters. The Morgan fingerprint density at radius 3 is 2.15 bits per heavy atom. The van der Waals surface area contributed by atoms with Crippen molar-refractivity contribution in [3.05, 3.63) is 41.2 Å². The first-order chi connectivity index (χ1) is 9.27. The second-order valence-electron chi connectivity index (χ2n) is 6.15. The third kappa shape index (κ3) is 3.07. The van der Waals surface area contributed by atoms with Crippen molar-refractivity contribution < 1.29 is 0 Å². The van der Waals surface area contributed by atoms with Crippen LogP contribution in [0.15, 0.2) is 24.3 Å². The highest BCUT2D eigenvalue weighted by Gasteiger charge is 2.20. The minimum atomic E-state index is -0.133. The predicted molar refractivity (Wildman–Crippen MR) is 84.3 cm³/mol. The standard InChI is InChI=1S/C16H22N4/c1-10-6-8-12(9-7-10)18-14-11(2)13(17)19-15(20-14)16(3,4)5/h6-9H,1-5H3,(H3,17,18,19,20). The van der Waals surface area contributed by atoms with E-state index in [1.807, 2.05) is 19.1 Å². The van der Waals surface area contributed by atoms with Gasteiger partial charge in [-0.2, -0.15) is 0 Å². The third-order valence-electron chi connectivity index (χ3n) is 3.17. The first-order valence-corrected chi connectivity index (χ1v) is 6.75. The van der Waals surface area contributed by atoms with Crippen molar-refractivity contribution >= 4 is 17.3 Å². The van der Waals surface area contributed by atoms with Gasteiger partial charge in [0, 0.05) is 16.7 Å². The van der Waals surface area contributed by atoms with Gasteiger partial charge in [-0.25, -0.2) is 9.97 Å². The molecule has 0 aliphatic rings. The van der Waals surface area contributed by atoms with Crippen molar-refractivity contribution in [3.63, 3.8) is 0 Å². The van der Waals surface area contributed by atoms with E-state index in [0.717, 1.165) is 22.9 Å². The van der Waals surface area contributed by atoms with Gasteiger partial charge in [0.15, 0.2) is 0 Å². The highest BCUT2D eigenvalue weighted by Crippen LogP contribution is 2.26. The fraction of sp³-hybridized carbons (Fsp3) is 0.375. The molecule has 106 valence electrons. The normalized spacial score (nSPS) is 11.4. The molecule has 2 aromatic rings. The summed E-state index contributed by atoms with van der Waals surface area (Å²) in [6, 6.07) is 8.19. The number of nitrogens with zero attached hydrogens (tertiary/aromatic N) is 2. The van der Waals surface area contributed by atoms with Crippen LogP contribution in [-0.4, -0.2) is 9.97 Å². The van der Waals surface area contributed by atoms with Crippen molar-refractivity contribution in [1.82, 2.24) is 9.97 Å². The third-order valence-corrected chi connectivity index (χ3v) is 3.17. The Labute approximate surface area is 120 Å². The summed E-state index contributed by atoms with van der Waals surface area (Å²) in [5.41, 5.74) is 8.97. The van der Waals surface area contributed by atoms with Gasteiger partial charge in [-0.1, -0.05) is 38.5 Å². The van der Waals surface area contributed by atoms with Crippen molar-refractivity contribution in [2.45, 2.75) is 40.0 Å². The lowest BCUT2D eigenvalue weighted by Crippen LogP contribution is -2.18. The first-order valence-electron chi connectivity index (χ1n) is 6.75. The number of nitrogens with one attached hydrogen (secondary N) is 1. The minimum Gasteiger partial charge on any atom is -0.383 e. The topological polar surface area (TPSA) is 63.8 Å². The zero-order chi connectivity index (χ0) is 14.9. The molecule has 20 heavy (non-hydrogen) atoms. The number of aryl methyl sites for hydroxylation is 1. The van der Waals surface area contributed by atoms with Crippen LogP contribution in [0.25, 0.3) is 0 Å². The molecule has 0 saturated carbocycles. The van der Waals surface area contributed by atoms with Crippen LogP contribution in [0.3, 0.4) is 0 Å². The number of hydrogen-bond donors (Lipinski definition) is 2. The van der Waals surface area contributed by atoms with Crippen LogP contribution in [-0.2, 0) is 5.41 Å². The van der Waals surface area contributed by atoms with Crippen LogP contribution in [0.1, 0.15) is 37.7 Å². The Morgan fingerprint density at radius 2 is 1.60 bits per heavy atom. The zero-order valence-electron chi connectivity index (χ0n) is 12.8. The SMILES string of the molecule is Cc1ccc(Nc2nc(C(C)(C)C)nc(N)c2C)cc1. The Hall–Kier alpha value is -2.10. The Kier molecular flexibility index (Phi) is 3.66. The van der Waals surface area contributed by atoms with Crippen LogP contribution >= 0.6 is 0 Å². The van der Waals surface area contributed by atoms with E-state index in [0.29, 0.717) is 5.82 Å². The van der Waals surface area contributed by atoms with Gasteiger partial charge in [-0.05, 0) is 26.0 Å². The smallest absolute Gasteiger partial charge is 0.139 e. The van der Waals surface area contributed by atoms with Crippen molar-refractivity contribution in [1.29, 1.82) is 0 Å². The van der Waals surface area contributed by atoms with E-state index in [4.69, 9.17) is 5.73 Å². The van der Waals surface area contributed by atoms with Crippen molar-refractivity contribution in [3.8, 4) is 0 Å². The molecule has 0 fully saturated rings. The maximum absolute atomic E-state index is 6.00. The summed E-state index contributed by atoms with van der Waals surface area (Å²) in [6.07, 6.45) is 0. The molecule has 4 nitrogen and oxygen atoms in total. The van der Waals surface area contributed by atoms with E-state index in [1.54, 1.807) is 0 Å². The van der Waals surface area contributed by atoms with Gasteiger partial charge in [0.1, 0.15) is 17.5 Å². The molecular formula is C16H22N4. The molecule has 0 radical (unpaired) electrons. The van der Waals surface area contributed by atoms with Gasteiger partial charge < -0.3 is 11.1 Å². The van der Waals surface area contributed by atoms with Crippen molar-refractivity contribution in [2.75, 3.05) is 11.1 Å². The quantitative estimate of drug-likeness (QED) is 0.873. The summed E-state index contributed by atoms with van der Waals surface area (Å²) in [6.45, 7) is 10.2. The maximum Gasteiger partial charge on any atom is 0.139 e. The summed E-state index contributed by atoms with van der Waals surface area (Å²) in [5.74, 6) is 2.04. The van der Waals surface area contributed by atoms with Crippen molar-refractivity contribution in [2.24, 2.45) is 0 Å². The highest BCUT2D eigenvalue weighted by atomic mass is 15.1.